The molecule has 0 saturated heterocycles. The van der Waals surface area contributed by atoms with Gasteiger partial charge in [-0.2, -0.15) is 0 Å². The van der Waals surface area contributed by atoms with E-state index < -0.39 is 5.91 Å². The molecule has 0 bridgehead atoms. The number of hydrogen-bond acceptors (Lipinski definition) is 3. The first-order chi connectivity index (χ1) is 9.56. The van der Waals surface area contributed by atoms with E-state index in [0.29, 0.717) is 5.75 Å². The molecule has 0 radical (unpaired) electrons. The molecule has 5 heteroatoms. The van der Waals surface area contributed by atoms with Crippen LogP contribution in [0.15, 0.2) is 42.5 Å². The number of nitrogens with zero attached hydrogens (tertiary/aromatic N) is 1. The second-order valence-corrected chi connectivity index (χ2v) is 4.51. The third-order valence-electron chi connectivity index (χ3n) is 2.90. The average Bonchev–Trinajstić information content (AvgIpc) is 2.43. The van der Waals surface area contributed by atoms with Crippen molar-refractivity contribution in [3.05, 3.63) is 42.5 Å². The molecule has 0 saturated carbocycles. The molecule has 104 valence electrons. The lowest BCUT2D eigenvalue weighted by Crippen LogP contribution is -2.38. The maximum absolute atomic E-state index is 11.7. The van der Waals surface area contributed by atoms with E-state index in [1.54, 1.807) is 0 Å². The predicted octanol–water partition coefficient (Wildman–Crippen LogP) is 1.16. The van der Waals surface area contributed by atoms with E-state index >= 15 is 0 Å². The van der Waals surface area contributed by atoms with E-state index in [1.807, 2.05) is 42.5 Å². The Morgan fingerprint density at radius 2 is 1.85 bits per heavy atom. The second kappa shape index (κ2) is 6.06. The number of primary amides is 1. The summed E-state index contributed by atoms with van der Waals surface area (Å²) < 4.78 is 5.44. The molecule has 20 heavy (non-hydrogen) atoms. The molecule has 2 aromatic rings. The number of amides is 2. The second-order valence-electron chi connectivity index (χ2n) is 4.51. The SMILES string of the molecule is CN(CC(N)=O)C(=O)COc1ccc2ccccc2c1. The Balaban J connectivity index is 1.98. The van der Waals surface area contributed by atoms with E-state index in [2.05, 4.69) is 0 Å². The number of benzene rings is 2. The maximum atomic E-state index is 11.7. The number of rotatable bonds is 5. The van der Waals surface area contributed by atoms with Gasteiger partial charge in [0.2, 0.25) is 5.91 Å². The summed E-state index contributed by atoms with van der Waals surface area (Å²) in [4.78, 5) is 23.7. The molecule has 0 heterocycles. The minimum absolute atomic E-state index is 0.111. The smallest absolute Gasteiger partial charge is 0.260 e. The number of likely N-dealkylation sites (N-methyl/N-ethyl adjacent to an activating group) is 1. The molecule has 2 N–H and O–H groups in total. The van der Waals surface area contributed by atoms with Crippen molar-refractivity contribution in [3.63, 3.8) is 0 Å². The van der Waals surface area contributed by atoms with Gasteiger partial charge in [-0.3, -0.25) is 9.59 Å². The Hall–Kier alpha value is -2.56. The van der Waals surface area contributed by atoms with Crippen LogP contribution in [0.5, 0.6) is 5.75 Å². The highest BCUT2D eigenvalue weighted by atomic mass is 16.5. The zero-order valence-electron chi connectivity index (χ0n) is 11.2. The lowest BCUT2D eigenvalue weighted by molar-refractivity contribution is -0.135. The highest BCUT2D eigenvalue weighted by molar-refractivity contribution is 5.85. The Labute approximate surface area is 116 Å². The molecule has 0 atom stereocenters. The van der Waals surface area contributed by atoms with Crippen molar-refractivity contribution in [2.45, 2.75) is 0 Å². The van der Waals surface area contributed by atoms with Gasteiger partial charge in [0, 0.05) is 7.05 Å². The van der Waals surface area contributed by atoms with Crippen molar-refractivity contribution in [1.29, 1.82) is 0 Å². The molecule has 0 aromatic heterocycles. The summed E-state index contributed by atoms with van der Waals surface area (Å²) in [6.45, 7) is -0.234. The Bertz CT molecular complexity index is 640. The van der Waals surface area contributed by atoms with E-state index in [0.717, 1.165) is 10.8 Å². The lowest BCUT2D eigenvalue weighted by Gasteiger charge is -2.15. The van der Waals surface area contributed by atoms with Gasteiger partial charge < -0.3 is 15.4 Å². The van der Waals surface area contributed by atoms with Gasteiger partial charge >= 0.3 is 0 Å². The van der Waals surface area contributed by atoms with Gasteiger partial charge in [0.15, 0.2) is 6.61 Å². The summed E-state index contributed by atoms with van der Waals surface area (Å²) in [5.74, 6) is -0.229. The molecule has 0 aliphatic carbocycles. The van der Waals surface area contributed by atoms with E-state index in [9.17, 15) is 9.59 Å². The number of nitrogens with two attached hydrogens (primary N) is 1. The number of fused-ring (bicyclic) bond motifs is 1. The van der Waals surface area contributed by atoms with Crippen LogP contribution in [0.1, 0.15) is 0 Å². The molecule has 0 aliphatic rings. The highest BCUT2D eigenvalue weighted by Gasteiger charge is 2.11. The summed E-state index contributed by atoms with van der Waals surface area (Å²) in [6, 6.07) is 13.5. The molecular weight excluding hydrogens is 256 g/mol. The lowest BCUT2D eigenvalue weighted by atomic mass is 10.1. The zero-order chi connectivity index (χ0) is 14.5. The molecule has 0 aliphatic heterocycles. The van der Waals surface area contributed by atoms with Gasteiger partial charge in [-0.25, -0.2) is 0 Å². The van der Waals surface area contributed by atoms with E-state index in [4.69, 9.17) is 10.5 Å². The van der Waals surface area contributed by atoms with Crippen LogP contribution in [0.4, 0.5) is 0 Å². The topological polar surface area (TPSA) is 72.6 Å². The first-order valence-corrected chi connectivity index (χ1v) is 6.20. The normalized spacial score (nSPS) is 10.2. The maximum Gasteiger partial charge on any atom is 0.260 e. The minimum atomic E-state index is -0.549. The van der Waals surface area contributed by atoms with Crippen LogP contribution in [0.3, 0.4) is 0 Å². The zero-order valence-corrected chi connectivity index (χ0v) is 11.2. The number of carbonyl (C=O) groups is 2. The average molecular weight is 272 g/mol. The van der Waals surface area contributed by atoms with Crippen LogP contribution < -0.4 is 10.5 Å². The molecule has 2 aromatic carbocycles. The third-order valence-corrected chi connectivity index (χ3v) is 2.90. The van der Waals surface area contributed by atoms with Crippen molar-refractivity contribution in [2.24, 2.45) is 5.73 Å². The van der Waals surface area contributed by atoms with Gasteiger partial charge in [0.25, 0.3) is 5.91 Å². The fraction of sp³-hybridized carbons (Fsp3) is 0.200. The first kappa shape index (κ1) is 13.9. The number of hydrogen-bond donors (Lipinski definition) is 1. The van der Waals surface area contributed by atoms with E-state index in [1.165, 1.54) is 11.9 Å². The van der Waals surface area contributed by atoms with Crippen LogP contribution in [-0.4, -0.2) is 36.9 Å². The summed E-state index contributed by atoms with van der Waals surface area (Å²) in [5.41, 5.74) is 5.03. The molecule has 0 fully saturated rings. The standard InChI is InChI=1S/C15H16N2O3/c1-17(9-14(16)18)15(19)10-20-13-7-6-11-4-2-3-5-12(11)8-13/h2-8H,9-10H2,1H3,(H2,16,18). The quantitative estimate of drug-likeness (QED) is 0.887. The highest BCUT2D eigenvalue weighted by Crippen LogP contribution is 2.20. The Morgan fingerprint density at radius 1 is 1.15 bits per heavy atom. The van der Waals surface area contributed by atoms with Crippen LogP contribution in [0.25, 0.3) is 10.8 Å². The van der Waals surface area contributed by atoms with Crippen molar-refractivity contribution in [2.75, 3.05) is 20.2 Å². The molecule has 0 spiro atoms. The molecular formula is C15H16N2O3. The van der Waals surface area contributed by atoms with Gasteiger partial charge in [0.05, 0.1) is 6.54 Å². The molecule has 2 amide bonds. The summed E-state index contributed by atoms with van der Waals surface area (Å²) >= 11 is 0. The van der Waals surface area contributed by atoms with Crippen LogP contribution in [-0.2, 0) is 9.59 Å². The minimum Gasteiger partial charge on any atom is -0.484 e. The number of ether oxygens (including phenoxy) is 1. The first-order valence-electron chi connectivity index (χ1n) is 6.20. The van der Waals surface area contributed by atoms with Gasteiger partial charge in [-0.15, -0.1) is 0 Å². The Morgan fingerprint density at radius 3 is 2.55 bits per heavy atom. The third kappa shape index (κ3) is 3.47. The van der Waals surface area contributed by atoms with Crippen LogP contribution in [0.2, 0.25) is 0 Å². The molecule has 5 nitrogen and oxygen atoms in total. The molecule has 0 unspecified atom stereocenters. The van der Waals surface area contributed by atoms with Crippen molar-refractivity contribution in [1.82, 2.24) is 4.90 Å². The van der Waals surface area contributed by atoms with E-state index in [-0.39, 0.29) is 19.1 Å². The summed E-state index contributed by atoms with van der Waals surface area (Å²) in [5, 5.41) is 2.15. The largest absolute Gasteiger partial charge is 0.484 e. The summed E-state index contributed by atoms with van der Waals surface area (Å²) in [7, 11) is 1.51. The summed E-state index contributed by atoms with van der Waals surface area (Å²) in [6.07, 6.45) is 0. The Kier molecular flexibility index (Phi) is 4.20. The van der Waals surface area contributed by atoms with Gasteiger partial charge in [-0.1, -0.05) is 30.3 Å². The fourth-order valence-electron chi connectivity index (χ4n) is 1.83. The fourth-order valence-corrected chi connectivity index (χ4v) is 1.83. The van der Waals surface area contributed by atoms with Gasteiger partial charge in [-0.05, 0) is 22.9 Å². The van der Waals surface area contributed by atoms with Crippen molar-refractivity contribution < 1.29 is 14.3 Å². The van der Waals surface area contributed by atoms with Gasteiger partial charge in [0.1, 0.15) is 5.75 Å². The number of carbonyl (C=O) groups excluding carboxylic acids is 2. The van der Waals surface area contributed by atoms with Crippen LogP contribution in [0, 0.1) is 0 Å². The van der Waals surface area contributed by atoms with Crippen molar-refractivity contribution >= 4 is 22.6 Å². The van der Waals surface area contributed by atoms with Crippen molar-refractivity contribution in [3.8, 4) is 5.75 Å². The van der Waals surface area contributed by atoms with Crippen LogP contribution >= 0.6 is 0 Å². The molecule has 2 rings (SSSR count). The predicted molar refractivity (Wildman–Crippen MR) is 76.3 cm³/mol. The monoisotopic (exact) mass is 272 g/mol.